The second-order valence-corrected chi connectivity index (χ2v) is 6.42. The number of hydrogen-bond donors (Lipinski definition) is 1. The summed E-state index contributed by atoms with van der Waals surface area (Å²) < 4.78 is 0. The lowest BCUT2D eigenvalue weighted by molar-refractivity contribution is 0.152. The largest absolute Gasteiger partial charge is 0.302 e. The predicted octanol–water partition coefficient (Wildman–Crippen LogP) is 5.57. The lowest BCUT2D eigenvalue weighted by Gasteiger charge is -2.32. The Morgan fingerprint density at radius 3 is 1.76 bits per heavy atom. The van der Waals surface area contributed by atoms with Crippen LogP contribution in [0.5, 0.6) is 0 Å². The fourth-order valence-electron chi connectivity index (χ4n) is 3.02. The second-order valence-electron chi connectivity index (χ2n) is 6.42. The van der Waals surface area contributed by atoms with E-state index in [9.17, 15) is 0 Å². The van der Waals surface area contributed by atoms with Gasteiger partial charge in [-0.3, -0.25) is 4.90 Å². The fourth-order valence-corrected chi connectivity index (χ4v) is 3.02. The molecule has 128 valence electrons. The van der Waals surface area contributed by atoms with E-state index in [0.29, 0.717) is 6.17 Å². The lowest BCUT2D eigenvalue weighted by atomic mass is 10.1. The van der Waals surface area contributed by atoms with Gasteiger partial charge in [-0.25, -0.2) is 0 Å². The minimum Gasteiger partial charge on any atom is -0.302 e. The monoisotopic (exact) mass is 298 g/mol. The fraction of sp³-hybridized carbons (Fsp3) is 1.00. The van der Waals surface area contributed by atoms with Gasteiger partial charge < -0.3 is 5.32 Å². The van der Waals surface area contributed by atoms with Crippen LogP contribution in [0.1, 0.15) is 98.3 Å². The molecule has 0 aliphatic heterocycles. The predicted molar refractivity (Wildman–Crippen MR) is 96.8 cm³/mol. The summed E-state index contributed by atoms with van der Waals surface area (Å²) in [6.07, 6.45) is 15.6. The molecule has 0 bridgehead atoms. The zero-order chi connectivity index (χ0) is 15.8. The molecule has 0 heterocycles. The van der Waals surface area contributed by atoms with Crippen molar-refractivity contribution >= 4 is 0 Å². The van der Waals surface area contributed by atoms with E-state index in [2.05, 4.69) is 37.9 Å². The van der Waals surface area contributed by atoms with Gasteiger partial charge in [0.25, 0.3) is 0 Å². The average molecular weight is 299 g/mol. The number of hydrogen-bond acceptors (Lipinski definition) is 2. The molecule has 0 aliphatic carbocycles. The molecule has 21 heavy (non-hydrogen) atoms. The molecule has 0 aromatic heterocycles. The lowest BCUT2D eigenvalue weighted by Crippen LogP contribution is -2.46. The molecule has 1 N–H and O–H groups in total. The van der Waals surface area contributed by atoms with Crippen molar-refractivity contribution in [1.82, 2.24) is 10.2 Å². The van der Waals surface area contributed by atoms with Crippen molar-refractivity contribution in [2.24, 2.45) is 0 Å². The van der Waals surface area contributed by atoms with E-state index in [1.807, 2.05) is 0 Å². The third kappa shape index (κ3) is 12.2. The van der Waals surface area contributed by atoms with Gasteiger partial charge in [-0.05, 0) is 45.3 Å². The van der Waals surface area contributed by atoms with Crippen molar-refractivity contribution in [3.63, 3.8) is 0 Å². The van der Waals surface area contributed by atoms with E-state index >= 15 is 0 Å². The maximum atomic E-state index is 3.78. The molecule has 0 aliphatic rings. The second kappa shape index (κ2) is 16.3. The van der Waals surface area contributed by atoms with Gasteiger partial charge in [0.1, 0.15) is 0 Å². The molecule has 0 saturated carbocycles. The highest BCUT2D eigenvalue weighted by Gasteiger charge is 2.15. The summed E-state index contributed by atoms with van der Waals surface area (Å²) in [5, 5.41) is 3.78. The highest BCUT2D eigenvalue weighted by atomic mass is 15.3. The van der Waals surface area contributed by atoms with Crippen LogP contribution >= 0.6 is 0 Å². The Morgan fingerprint density at radius 2 is 1.24 bits per heavy atom. The molecule has 1 atom stereocenters. The minimum absolute atomic E-state index is 0.612. The number of unbranched alkanes of at least 4 members (excludes halogenated alkanes) is 6. The van der Waals surface area contributed by atoms with Crippen LogP contribution in [0.15, 0.2) is 0 Å². The Morgan fingerprint density at radius 1 is 0.667 bits per heavy atom. The molecule has 0 fully saturated rings. The molecule has 0 radical (unpaired) electrons. The zero-order valence-corrected chi connectivity index (χ0v) is 15.4. The Balaban J connectivity index is 3.97. The maximum Gasteiger partial charge on any atom is 0.0597 e. The van der Waals surface area contributed by atoms with Crippen molar-refractivity contribution < 1.29 is 0 Å². The first-order chi connectivity index (χ1) is 10.3. The molecule has 0 amide bonds. The average Bonchev–Trinajstić information content (AvgIpc) is 2.49. The van der Waals surface area contributed by atoms with Crippen LogP contribution in [0.25, 0.3) is 0 Å². The van der Waals surface area contributed by atoms with Crippen molar-refractivity contribution in [3.05, 3.63) is 0 Å². The van der Waals surface area contributed by atoms with E-state index in [0.717, 1.165) is 6.54 Å². The van der Waals surface area contributed by atoms with Crippen LogP contribution in [0.2, 0.25) is 0 Å². The SMILES string of the molecule is CCCCCCCCCC(NCCC)N(CCC)CCC. The Labute approximate surface area is 135 Å². The van der Waals surface area contributed by atoms with E-state index in [1.165, 1.54) is 83.7 Å². The maximum absolute atomic E-state index is 3.78. The Bertz CT molecular complexity index is 188. The van der Waals surface area contributed by atoms with Gasteiger partial charge in [-0.1, -0.05) is 72.6 Å². The van der Waals surface area contributed by atoms with Crippen molar-refractivity contribution in [2.75, 3.05) is 19.6 Å². The molecule has 2 heteroatoms. The van der Waals surface area contributed by atoms with Gasteiger partial charge in [-0.2, -0.15) is 0 Å². The van der Waals surface area contributed by atoms with Crippen LogP contribution in [-0.4, -0.2) is 30.7 Å². The van der Waals surface area contributed by atoms with Crippen molar-refractivity contribution in [2.45, 2.75) is 104 Å². The molecule has 0 aromatic carbocycles. The van der Waals surface area contributed by atoms with Crippen molar-refractivity contribution in [3.8, 4) is 0 Å². The van der Waals surface area contributed by atoms with E-state index in [4.69, 9.17) is 0 Å². The topological polar surface area (TPSA) is 15.3 Å². The molecular formula is C19H42N2. The van der Waals surface area contributed by atoms with Gasteiger partial charge in [-0.15, -0.1) is 0 Å². The summed E-state index contributed by atoms with van der Waals surface area (Å²) in [7, 11) is 0. The van der Waals surface area contributed by atoms with Crippen LogP contribution in [0.4, 0.5) is 0 Å². The Hall–Kier alpha value is -0.0800. The molecule has 0 saturated heterocycles. The minimum atomic E-state index is 0.612. The van der Waals surface area contributed by atoms with E-state index in [-0.39, 0.29) is 0 Å². The van der Waals surface area contributed by atoms with Gasteiger partial charge in [0.2, 0.25) is 0 Å². The molecule has 1 unspecified atom stereocenters. The Kier molecular flexibility index (Phi) is 16.2. The molecule has 2 nitrogen and oxygen atoms in total. The standard InChI is InChI=1S/C19H42N2/c1-5-9-10-11-12-13-14-15-19(20-16-6-2)21(17-7-3)18-8-4/h19-20H,5-18H2,1-4H3. The summed E-state index contributed by atoms with van der Waals surface area (Å²) in [5.74, 6) is 0. The van der Waals surface area contributed by atoms with Gasteiger partial charge in [0.05, 0.1) is 6.17 Å². The van der Waals surface area contributed by atoms with Gasteiger partial charge in [0.15, 0.2) is 0 Å². The van der Waals surface area contributed by atoms with Crippen LogP contribution < -0.4 is 5.32 Å². The molecular weight excluding hydrogens is 256 g/mol. The van der Waals surface area contributed by atoms with Crippen LogP contribution in [0, 0.1) is 0 Å². The van der Waals surface area contributed by atoms with Crippen LogP contribution in [-0.2, 0) is 0 Å². The van der Waals surface area contributed by atoms with Crippen LogP contribution in [0.3, 0.4) is 0 Å². The van der Waals surface area contributed by atoms with Crippen molar-refractivity contribution in [1.29, 1.82) is 0 Å². The normalized spacial score (nSPS) is 13.0. The first kappa shape index (κ1) is 20.9. The molecule has 0 aromatic rings. The smallest absolute Gasteiger partial charge is 0.0597 e. The summed E-state index contributed by atoms with van der Waals surface area (Å²) in [5.41, 5.74) is 0. The number of nitrogens with one attached hydrogen (secondary N) is 1. The number of nitrogens with zero attached hydrogens (tertiary/aromatic N) is 1. The summed E-state index contributed by atoms with van der Waals surface area (Å²) in [6.45, 7) is 12.8. The highest BCUT2D eigenvalue weighted by molar-refractivity contribution is 4.69. The molecule has 0 rings (SSSR count). The van der Waals surface area contributed by atoms with E-state index in [1.54, 1.807) is 0 Å². The highest BCUT2D eigenvalue weighted by Crippen LogP contribution is 2.12. The van der Waals surface area contributed by atoms with Gasteiger partial charge in [0, 0.05) is 0 Å². The first-order valence-electron chi connectivity index (χ1n) is 9.77. The number of rotatable bonds is 16. The summed E-state index contributed by atoms with van der Waals surface area (Å²) >= 11 is 0. The van der Waals surface area contributed by atoms with E-state index < -0.39 is 0 Å². The third-order valence-electron chi connectivity index (χ3n) is 4.17. The zero-order valence-electron chi connectivity index (χ0n) is 15.4. The molecule has 0 spiro atoms. The van der Waals surface area contributed by atoms with Gasteiger partial charge >= 0.3 is 0 Å². The first-order valence-corrected chi connectivity index (χ1v) is 9.77. The summed E-state index contributed by atoms with van der Waals surface area (Å²) in [4.78, 5) is 2.67. The third-order valence-corrected chi connectivity index (χ3v) is 4.17. The summed E-state index contributed by atoms with van der Waals surface area (Å²) in [6, 6.07) is 0. The quantitative estimate of drug-likeness (QED) is 0.296.